The summed E-state index contributed by atoms with van der Waals surface area (Å²) < 4.78 is 11.1. The fourth-order valence-corrected chi connectivity index (χ4v) is 3.69. The maximum atomic E-state index is 12.4. The smallest absolute Gasteiger partial charge is 0.226 e. The highest BCUT2D eigenvalue weighted by molar-refractivity contribution is 7.98. The highest BCUT2D eigenvalue weighted by atomic mass is 32.2. The number of nitrogens with one attached hydrogen (secondary N) is 2. The van der Waals surface area contributed by atoms with Crippen LogP contribution in [-0.4, -0.2) is 41.9 Å². The van der Waals surface area contributed by atoms with E-state index in [4.69, 9.17) is 9.47 Å². The molecule has 0 aliphatic carbocycles. The fourth-order valence-electron chi connectivity index (χ4n) is 2.82. The van der Waals surface area contributed by atoms with E-state index in [1.54, 1.807) is 25.2 Å². The van der Waals surface area contributed by atoms with E-state index in [1.807, 2.05) is 25.1 Å². The number of ether oxygens (including phenoxy) is 2. The van der Waals surface area contributed by atoms with Crippen LogP contribution in [0.25, 0.3) is 0 Å². The number of aromatic nitrogens is 2. The first-order valence-electron chi connectivity index (χ1n) is 8.32. The third-order valence-corrected chi connectivity index (χ3v) is 5.24. The Morgan fingerprint density at radius 2 is 2.40 bits per heavy atom. The van der Waals surface area contributed by atoms with Gasteiger partial charge in [-0.1, -0.05) is 12.1 Å². The predicted molar refractivity (Wildman–Crippen MR) is 98.2 cm³/mol. The average Bonchev–Trinajstić information content (AvgIpc) is 3.05. The summed E-state index contributed by atoms with van der Waals surface area (Å²) in [5.74, 6) is 3.09. The van der Waals surface area contributed by atoms with Gasteiger partial charge in [0.25, 0.3) is 0 Å². The van der Waals surface area contributed by atoms with Crippen LogP contribution in [0.1, 0.15) is 17.0 Å². The van der Waals surface area contributed by atoms with Crippen LogP contribution in [0.15, 0.2) is 24.5 Å². The zero-order valence-corrected chi connectivity index (χ0v) is 15.3. The predicted octanol–water partition coefficient (Wildman–Crippen LogP) is 2.33. The van der Waals surface area contributed by atoms with Crippen molar-refractivity contribution in [1.82, 2.24) is 15.3 Å². The number of carbonyl (C=O) groups is 1. The van der Waals surface area contributed by atoms with Gasteiger partial charge in [-0.25, -0.2) is 4.98 Å². The highest BCUT2D eigenvalue weighted by Crippen LogP contribution is 2.35. The number of aromatic amines is 1. The molecule has 1 aliphatic heterocycles. The van der Waals surface area contributed by atoms with Crippen LogP contribution in [0.5, 0.6) is 11.5 Å². The number of aryl methyl sites for hydroxylation is 1. The van der Waals surface area contributed by atoms with E-state index in [9.17, 15) is 4.79 Å². The van der Waals surface area contributed by atoms with Crippen LogP contribution in [0, 0.1) is 12.8 Å². The Labute approximate surface area is 151 Å². The number of hydrogen-bond donors (Lipinski definition) is 2. The number of thioether (sulfide) groups is 1. The van der Waals surface area contributed by atoms with Crippen LogP contribution in [0.2, 0.25) is 0 Å². The third kappa shape index (κ3) is 4.28. The van der Waals surface area contributed by atoms with Crippen molar-refractivity contribution in [1.29, 1.82) is 0 Å². The molecule has 0 saturated heterocycles. The molecule has 1 aromatic heterocycles. The maximum absolute atomic E-state index is 12.4. The molecule has 2 aromatic rings. The monoisotopic (exact) mass is 361 g/mol. The molecule has 0 bridgehead atoms. The number of para-hydroxylation sites is 1. The molecule has 7 heteroatoms. The maximum Gasteiger partial charge on any atom is 0.226 e. The molecule has 0 spiro atoms. The molecule has 1 amide bonds. The minimum atomic E-state index is -0.154. The van der Waals surface area contributed by atoms with Gasteiger partial charge in [-0.05, 0) is 25.0 Å². The van der Waals surface area contributed by atoms with E-state index in [0.717, 1.165) is 40.0 Å². The minimum absolute atomic E-state index is 0.0463. The lowest BCUT2D eigenvalue weighted by Gasteiger charge is -2.25. The SMILES string of the molecule is COc1cccc2c1OCC(C(=O)NCCSCc1nc[nH]c1C)C2. The Hall–Kier alpha value is -2.15. The number of nitrogens with zero attached hydrogens (tertiary/aromatic N) is 1. The van der Waals surface area contributed by atoms with Crippen LogP contribution >= 0.6 is 11.8 Å². The molecular formula is C18H23N3O3S. The van der Waals surface area contributed by atoms with Gasteiger partial charge in [0.2, 0.25) is 5.91 Å². The van der Waals surface area contributed by atoms with E-state index in [2.05, 4.69) is 15.3 Å². The summed E-state index contributed by atoms with van der Waals surface area (Å²) in [4.78, 5) is 19.7. The number of rotatable bonds is 7. The van der Waals surface area contributed by atoms with Crippen molar-refractivity contribution < 1.29 is 14.3 Å². The van der Waals surface area contributed by atoms with E-state index in [-0.39, 0.29) is 11.8 Å². The molecule has 134 valence electrons. The fraction of sp³-hybridized carbons (Fsp3) is 0.444. The van der Waals surface area contributed by atoms with Gasteiger partial charge in [0.15, 0.2) is 11.5 Å². The van der Waals surface area contributed by atoms with Crippen molar-refractivity contribution in [3.8, 4) is 11.5 Å². The second-order valence-corrected chi connectivity index (χ2v) is 7.08. The van der Waals surface area contributed by atoms with Crippen molar-refractivity contribution in [2.75, 3.05) is 26.0 Å². The number of fused-ring (bicyclic) bond motifs is 1. The van der Waals surface area contributed by atoms with Gasteiger partial charge in [0.05, 0.1) is 25.0 Å². The second-order valence-electron chi connectivity index (χ2n) is 5.98. The molecule has 1 atom stereocenters. The molecule has 2 heterocycles. The number of carbonyl (C=O) groups excluding carboxylic acids is 1. The lowest BCUT2D eigenvalue weighted by molar-refractivity contribution is -0.126. The zero-order valence-electron chi connectivity index (χ0n) is 14.5. The van der Waals surface area contributed by atoms with Crippen LogP contribution in [0.3, 0.4) is 0 Å². The molecule has 3 rings (SSSR count). The standard InChI is InChI=1S/C18H23N3O3S/c1-12-15(21-11-20-12)10-25-7-6-19-18(22)14-8-13-4-3-5-16(23-2)17(13)24-9-14/h3-5,11,14H,6-10H2,1-2H3,(H,19,22)(H,20,21). The Morgan fingerprint density at radius 1 is 1.52 bits per heavy atom. The number of methoxy groups -OCH3 is 1. The summed E-state index contributed by atoms with van der Waals surface area (Å²) in [6, 6.07) is 5.78. The van der Waals surface area contributed by atoms with E-state index in [0.29, 0.717) is 19.6 Å². The Balaban J connectivity index is 1.42. The van der Waals surface area contributed by atoms with E-state index < -0.39 is 0 Å². The number of H-pyrrole nitrogens is 1. The summed E-state index contributed by atoms with van der Waals surface area (Å²) in [6.07, 6.45) is 2.39. The van der Waals surface area contributed by atoms with Crippen molar-refractivity contribution in [2.45, 2.75) is 19.1 Å². The Morgan fingerprint density at radius 3 is 3.16 bits per heavy atom. The van der Waals surface area contributed by atoms with Gasteiger partial charge >= 0.3 is 0 Å². The van der Waals surface area contributed by atoms with Gasteiger partial charge in [-0.3, -0.25) is 4.79 Å². The Kier molecular flexibility index (Phi) is 5.86. The van der Waals surface area contributed by atoms with Crippen molar-refractivity contribution in [3.63, 3.8) is 0 Å². The van der Waals surface area contributed by atoms with Crippen molar-refractivity contribution >= 4 is 17.7 Å². The van der Waals surface area contributed by atoms with Gasteiger partial charge < -0.3 is 19.8 Å². The first-order chi connectivity index (χ1) is 12.2. The van der Waals surface area contributed by atoms with Crippen molar-refractivity contribution in [2.24, 2.45) is 5.92 Å². The van der Waals surface area contributed by atoms with Crippen LogP contribution in [0.4, 0.5) is 0 Å². The number of imidazole rings is 1. The molecule has 0 fully saturated rings. The summed E-state index contributed by atoms with van der Waals surface area (Å²) in [5.41, 5.74) is 3.20. The number of hydrogen-bond acceptors (Lipinski definition) is 5. The van der Waals surface area contributed by atoms with Crippen molar-refractivity contribution in [3.05, 3.63) is 41.5 Å². The first-order valence-corrected chi connectivity index (χ1v) is 9.47. The third-order valence-electron chi connectivity index (χ3n) is 4.27. The highest BCUT2D eigenvalue weighted by Gasteiger charge is 2.27. The average molecular weight is 361 g/mol. The molecule has 0 radical (unpaired) electrons. The van der Waals surface area contributed by atoms with E-state index >= 15 is 0 Å². The van der Waals surface area contributed by atoms with Gasteiger partial charge in [-0.15, -0.1) is 0 Å². The van der Waals surface area contributed by atoms with Crippen LogP contribution < -0.4 is 14.8 Å². The molecule has 6 nitrogen and oxygen atoms in total. The van der Waals surface area contributed by atoms with E-state index in [1.165, 1.54) is 0 Å². The molecule has 25 heavy (non-hydrogen) atoms. The number of benzene rings is 1. The molecule has 1 aliphatic rings. The van der Waals surface area contributed by atoms with Gasteiger partial charge in [-0.2, -0.15) is 11.8 Å². The summed E-state index contributed by atoms with van der Waals surface area (Å²) in [6.45, 7) is 3.05. The number of amides is 1. The minimum Gasteiger partial charge on any atom is -0.493 e. The molecule has 1 unspecified atom stereocenters. The normalized spacial score (nSPS) is 16.0. The summed E-state index contributed by atoms with van der Waals surface area (Å²) in [7, 11) is 1.62. The molecule has 0 saturated carbocycles. The topological polar surface area (TPSA) is 76.2 Å². The Bertz CT molecular complexity index is 732. The van der Waals surface area contributed by atoms with Crippen LogP contribution in [-0.2, 0) is 17.0 Å². The molecule has 1 aromatic carbocycles. The lowest BCUT2D eigenvalue weighted by Crippen LogP contribution is -2.38. The first kappa shape index (κ1) is 17.7. The molecule has 2 N–H and O–H groups in total. The van der Waals surface area contributed by atoms with Gasteiger partial charge in [0, 0.05) is 23.7 Å². The lowest BCUT2D eigenvalue weighted by atomic mass is 9.95. The zero-order chi connectivity index (χ0) is 17.6. The summed E-state index contributed by atoms with van der Waals surface area (Å²) >= 11 is 1.76. The largest absolute Gasteiger partial charge is 0.493 e. The second kappa shape index (κ2) is 8.29. The molecular weight excluding hydrogens is 338 g/mol. The van der Waals surface area contributed by atoms with Gasteiger partial charge in [0.1, 0.15) is 6.61 Å². The summed E-state index contributed by atoms with van der Waals surface area (Å²) in [5, 5.41) is 3.01. The quantitative estimate of drug-likeness (QED) is 0.740.